The van der Waals surface area contributed by atoms with Crippen LogP contribution in [0, 0.1) is 28.4 Å². The fourth-order valence-corrected chi connectivity index (χ4v) is 3.14. The van der Waals surface area contributed by atoms with E-state index in [-0.39, 0.29) is 31.4 Å². The first-order valence-electron chi connectivity index (χ1n) is 11.1. The number of hydrogen-bond acceptors (Lipinski definition) is 5. The predicted molar refractivity (Wildman–Crippen MR) is 132 cm³/mol. The molecule has 34 heavy (non-hydrogen) atoms. The SMILES string of the molecule is C=C/C=C(C)/C=C\C(=C/C)C[C@H](CC(=N)C(=O)c1cc(F)c(CC=N)cc1F)C(=O)OCCC. The van der Waals surface area contributed by atoms with Crippen LogP contribution in [0.1, 0.15) is 56.0 Å². The zero-order chi connectivity index (χ0) is 25.7. The largest absolute Gasteiger partial charge is 0.465 e. The summed E-state index contributed by atoms with van der Waals surface area (Å²) in [6.45, 7) is 9.40. The lowest BCUT2D eigenvalue weighted by Crippen LogP contribution is -2.26. The topological polar surface area (TPSA) is 91.1 Å². The van der Waals surface area contributed by atoms with Gasteiger partial charge in [-0.3, -0.25) is 9.59 Å². The van der Waals surface area contributed by atoms with Crippen LogP contribution in [0.15, 0.2) is 60.2 Å². The van der Waals surface area contributed by atoms with Gasteiger partial charge in [-0.05, 0) is 50.6 Å². The monoisotopic (exact) mass is 470 g/mol. The van der Waals surface area contributed by atoms with E-state index >= 15 is 0 Å². The van der Waals surface area contributed by atoms with Crippen LogP contribution in [0.5, 0.6) is 0 Å². The molecule has 1 aromatic rings. The molecule has 1 aromatic carbocycles. The minimum atomic E-state index is -0.992. The van der Waals surface area contributed by atoms with Gasteiger partial charge in [0.25, 0.3) is 0 Å². The highest BCUT2D eigenvalue weighted by Crippen LogP contribution is 2.22. The fourth-order valence-electron chi connectivity index (χ4n) is 3.14. The van der Waals surface area contributed by atoms with Crippen molar-refractivity contribution in [3.8, 4) is 0 Å². The average Bonchev–Trinajstić information content (AvgIpc) is 2.81. The normalized spacial score (nSPS) is 13.0. The first-order chi connectivity index (χ1) is 16.2. The highest BCUT2D eigenvalue weighted by atomic mass is 19.1. The summed E-state index contributed by atoms with van der Waals surface area (Å²) in [5.74, 6) is -4.19. The van der Waals surface area contributed by atoms with Crippen LogP contribution in [-0.2, 0) is 16.0 Å². The number of halogens is 2. The summed E-state index contributed by atoms with van der Waals surface area (Å²) in [7, 11) is 0. The first kappa shape index (κ1) is 28.6. The van der Waals surface area contributed by atoms with Crippen LogP contribution < -0.4 is 0 Å². The highest BCUT2D eigenvalue weighted by molar-refractivity contribution is 6.45. The van der Waals surface area contributed by atoms with Crippen molar-refractivity contribution < 1.29 is 23.1 Å². The number of carbonyl (C=O) groups is 2. The molecule has 0 aliphatic heterocycles. The van der Waals surface area contributed by atoms with Crippen molar-refractivity contribution in [3.05, 3.63) is 83.0 Å². The van der Waals surface area contributed by atoms with Crippen molar-refractivity contribution in [2.45, 2.75) is 46.5 Å². The molecule has 0 unspecified atom stereocenters. The fraction of sp³-hybridized carbons (Fsp3) is 0.333. The molecule has 0 radical (unpaired) electrons. The van der Waals surface area contributed by atoms with Crippen LogP contribution in [0.25, 0.3) is 0 Å². The van der Waals surface area contributed by atoms with Crippen molar-refractivity contribution in [2.75, 3.05) is 6.61 Å². The summed E-state index contributed by atoms with van der Waals surface area (Å²) < 4.78 is 33.9. The standard InChI is InChI=1S/C27H32F2N2O3/c1-5-8-18(4)9-10-19(7-3)14-21(27(33)34-13-6-2)16-25(31)26(32)22-17-23(28)20(11-12-30)15-24(22)29/h5,7-10,12,15,17,21,30-31H,1,6,11,13-14,16H2,2-4H3/b10-9-,18-8+,19-7+,30-12?,31-25?/t21-/m1/s1. The average molecular weight is 471 g/mol. The Kier molecular flexibility index (Phi) is 12.3. The Morgan fingerprint density at radius 2 is 1.88 bits per heavy atom. The minimum Gasteiger partial charge on any atom is -0.465 e. The number of ether oxygens (including phenoxy) is 1. The van der Waals surface area contributed by atoms with Crippen LogP contribution in [-0.4, -0.2) is 30.3 Å². The van der Waals surface area contributed by atoms with Gasteiger partial charge < -0.3 is 15.6 Å². The number of benzene rings is 1. The summed E-state index contributed by atoms with van der Waals surface area (Å²) in [4.78, 5) is 25.4. The second kappa shape index (κ2) is 14.6. The molecule has 1 atom stereocenters. The van der Waals surface area contributed by atoms with Gasteiger partial charge in [0.2, 0.25) is 5.78 Å². The minimum absolute atomic E-state index is 0.0538. The Bertz CT molecular complexity index is 1020. The van der Waals surface area contributed by atoms with Gasteiger partial charge in [-0.25, -0.2) is 8.78 Å². The molecule has 0 heterocycles. The Morgan fingerprint density at radius 1 is 1.18 bits per heavy atom. The molecule has 0 fully saturated rings. The van der Waals surface area contributed by atoms with Crippen LogP contribution in [0.4, 0.5) is 8.78 Å². The Balaban J connectivity index is 3.14. The third kappa shape index (κ3) is 8.81. The van der Waals surface area contributed by atoms with Gasteiger partial charge in [-0.1, -0.05) is 55.0 Å². The zero-order valence-electron chi connectivity index (χ0n) is 19.9. The van der Waals surface area contributed by atoms with Gasteiger partial charge in [-0.15, -0.1) is 0 Å². The van der Waals surface area contributed by atoms with E-state index in [0.29, 0.717) is 6.42 Å². The maximum atomic E-state index is 14.4. The van der Waals surface area contributed by atoms with Gasteiger partial charge >= 0.3 is 5.97 Å². The van der Waals surface area contributed by atoms with Gasteiger partial charge in [0.15, 0.2) is 0 Å². The molecule has 0 aliphatic rings. The van der Waals surface area contributed by atoms with Gasteiger partial charge in [0.1, 0.15) is 11.6 Å². The molecule has 0 spiro atoms. The summed E-state index contributed by atoms with van der Waals surface area (Å²) in [6.07, 6.45) is 10.4. The Hall–Kier alpha value is -3.48. The number of Topliss-reactive ketones (excluding diaryl/α,β-unsaturated/α-hetero) is 1. The Morgan fingerprint density at radius 3 is 2.47 bits per heavy atom. The number of esters is 1. The van der Waals surface area contributed by atoms with E-state index in [1.54, 1.807) is 6.08 Å². The lowest BCUT2D eigenvalue weighted by molar-refractivity contribution is -0.148. The molecule has 0 bridgehead atoms. The second-order valence-corrected chi connectivity index (χ2v) is 7.76. The number of hydrogen-bond donors (Lipinski definition) is 2. The van der Waals surface area contributed by atoms with Crippen molar-refractivity contribution in [1.82, 2.24) is 0 Å². The van der Waals surface area contributed by atoms with Crippen LogP contribution in [0.2, 0.25) is 0 Å². The number of rotatable bonds is 14. The van der Waals surface area contributed by atoms with Gasteiger partial charge in [0, 0.05) is 12.8 Å². The number of nitrogens with one attached hydrogen (secondary N) is 2. The molecule has 182 valence electrons. The maximum Gasteiger partial charge on any atom is 0.309 e. The molecule has 0 amide bonds. The molecule has 0 saturated heterocycles. The third-order valence-corrected chi connectivity index (χ3v) is 5.00. The third-order valence-electron chi connectivity index (χ3n) is 5.00. The van der Waals surface area contributed by atoms with Gasteiger partial charge in [0.05, 0.1) is 23.8 Å². The summed E-state index contributed by atoms with van der Waals surface area (Å²) >= 11 is 0. The zero-order valence-corrected chi connectivity index (χ0v) is 19.9. The molecule has 0 saturated carbocycles. The predicted octanol–water partition coefficient (Wildman–Crippen LogP) is 6.34. The quantitative estimate of drug-likeness (QED) is 0.144. The van der Waals surface area contributed by atoms with Crippen molar-refractivity contribution in [2.24, 2.45) is 5.92 Å². The van der Waals surface area contributed by atoms with E-state index < -0.39 is 40.6 Å². The van der Waals surface area contributed by atoms with E-state index in [1.165, 1.54) is 0 Å². The van der Waals surface area contributed by atoms with E-state index in [9.17, 15) is 18.4 Å². The van der Waals surface area contributed by atoms with E-state index in [2.05, 4.69) is 6.58 Å². The number of ketones is 1. The van der Waals surface area contributed by atoms with Crippen molar-refractivity contribution >= 4 is 23.7 Å². The highest BCUT2D eigenvalue weighted by Gasteiger charge is 2.27. The first-order valence-corrected chi connectivity index (χ1v) is 11.1. The number of carbonyl (C=O) groups excluding carboxylic acids is 2. The lowest BCUT2D eigenvalue weighted by atomic mass is 9.90. The van der Waals surface area contributed by atoms with Crippen LogP contribution in [0.3, 0.4) is 0 Å². The van der Waals surface area contributed by atoms with Gasteiger partial charge in [-0.2, -0.15) is 0 Å². The smallest absolute Gasteiger partial charge is 0.309 e. The maximum absolute atomic E-state index is 14.4. The molecule has 7 heteroatoms. The molecule has 5 nitrogen and oxygen atoms in total. The molecule has 1 rings (SSSR count). The summed E-state index contributed by atoms with van der Waals surface area (Å²) in [5.41, 5.74) is 0.601. The van der Waals surface area contributed by atoms with E-state index in [4.69, 9.17) is 15.6 Å². The van der Waals surface area contributed by atoms with Crippen LogP contribution >= 0.6 is 0 Å². The lowest BCUT2D eigenvalue weighted by Gasteiger charge is -2.17. The van der Waals surface area contributed by atoms with E-state index in [0.717, 1.165) is 29.5 Å². The molecule has 0 aliphatic carbocycles. The second-order valence-electron chi connectivity index (χ2n) is 7.76. The van der Waals surface area contributed by atoms with E-state index in [1.807, 2.05) is 45.1 Å². The summed E-state index contributed by atoms with van der Waals surface area (Å²) in [6, 6.07) is 1.60. The molecule has 2 N–H and O–H groups in total. The van der Waals surface area contributed by atoms with Crippen molar-refractivity contribution in [3.63, 3.8) is 0 Å². The summed E-state index contributed by atoms with van der Waals surface area (Å²) in [5, 5.41) is 15.3. The van der Waals surface area contributed by atoms with Crippen molar-refractivity contribution in [1.29, 1.82) is 10.8 Å². The number of allylic oxidation sites excluding steroid dienone is 7. The molecule has 0 aromatic heterocycles. The molecular weight excluding hydrogens is 438 g/mol. The Labute approximate surface area is 199 Å². The molecular formula is C27H32F2N2O3.